The Balaban J connectivity index is 1.91. The molecule has 0 spiro atoms. The first-order valence-electron chi connectivity index (χ1n) is 7.12. The zero-order valence-corrected chi connectivity index (χ0v) is 12.9. The fraction of sp³-hybridized carbons (Fsp3) is 0.667. The van der Waals surface area contributed by atoms with Crippen LogP contribution < -0.4 is 0 Å². The van der Waals surface area contributed by atoms with Gasteiger partial charge in [0.15, 0.2) is 0 Å². The number of piperidine rings is 1. The Kier molecular flexibility index (Phi) is 4.99. The molecule has 0 radical (unpaired) electrons. The van der Waals surface area contributed by atoms with Crippen LogP contribution in [0.5, 0.6) is 0 Å². The van der Waals surface area contributed by atoms with Crippen LogP contribution in [-0.4, -0.2) is 41.9 Å². The van der Waals surface area contributed by atoms with E-state index in [1.54, 1.807) is 11.3 Å². The Morgan fingerprint density at radius 1 is 1.58 bits per heavy atom. The molecular weight excluding hydrogens is 256 g/mol. The van der Waals surface area contributed by atoms with Crippen LogP contribution in [0.15, 0.2) is 17.5 Å². The van der Waals surface area contributed by atoms with E-state index in [2.05, 4.69) is 41.2 Å². The number of hydrogen-bond donors (Lipinski definition) is 0. The Morgan fingerprint density at radius 3 is 3.00 bits per heavy atom. The highest BCUT2D eigenvalue weighted by molar-refractivity contribution is 7.10. The largest absolute Gasteiger partial charge is 0.339 e. The molecule has 1 aromatic rings. The molecule has 1 aliphatic rings. The minimum atomic E-state index is 0.276. The molecule has 1 fully saturated rings. The van der Waals surface area contributed by atoms with Gasteiger partial charge in [-0.25, -0.2) is 0 Å². The minimum Gasteiger partial charge on any atom is -0.339 e. The lowest BCUT2D eigenvalue weighted by molar-refractivity contribution is -0.135. The van der Waals surface area contributed by atoms with Gasteiger partial charge < -0.3 is 4.90 Å². The molecule has 0 bridgehead atoms. The van der Waals surface area contributed by atoms with E-state index in [0.29, 0.717) is 18.6 Å². The fourth-order valence-electron chi connectivity index (χ4n) is 2.66. The second-order valence-corrected chi connectivity index (χ2v) is 6.52. The molecule has 0 aromatic carbocycles. The topological polar surface area (TPSA) is 23.6 Å². The third kappa shape index (κ3) is 3.57. The van der Waals surface area contributed by atoms with Crippen molar-refractivity contribution in [2.24, 2.45) is 0 Å². The van der Waals surface area contributed by atoms with E-state index in [1.807, 2.05) is 7.05 Å². The van der Waals surface area contributed by atoms with Crippen LogP contribution in [0.25, 0.3) is 0 Å². The molecule has 106 valence electrons. The molecule has 2 heterocycles. The lowest BCUT2D eigenvalue weighted by Crippen LogP contribution is -2.46. The van der Waals surface area contributed by atoms with Gasteiger partial charge in [-0.15, -0.1) is 11.3 Å². The monoisotopic (exact) mass is 280 g/mol. The van der Waals surface area contributed by atoms with Crippen molar-refractivity contribution in [1.82, 2.24) is 9.80 Å². The first-order chi connectivity index (χ1) is 9.09. The van der Waals surface area contributed by atoms with Gasteiger partial charge in [-0.2, -0.15) is 0 Å². The van der Waals surface area contributed by atoms with E-state index in [4.69, 9.17) is 0 Å². The van der Waals surface area contributed by atoms with Crippen molar-refractivity contribution in [1.29, 1.82) is 0 Å². The first kappa shape index (κ1) is 14.5. The van der Waals surface area contributed by atoms with Crippen molar-refractivity contribution in [3.63, 3.8) is 0 Å². The summed E-state index contributed by atoms with van der Waals surface area (Å²) in [6.45, 7) is 5.78. The number of likely N-dealkylation sites (N-methyl/N-ethyl adjacent to an activating group) is 1. The van der Waals surface area contributed by atoms with Gasteiger partial charge in [-0.05, 0) is 51.6 Å². The van der Waals surface area contributed by atoms with Crippen molar-refractivity contribution < 1.29 is 4.79 Å². The van der Waals surface area contributed by atoms with E-state index >= 15 is 0 Å². The lowest BCUT2D eigenvalue weighted by Gasteiger charge is -2.35. The van der Waals surface area contributed by atoms with Gasteiger partial charge >= 0.3 is 0 Å². The number of amides is 1. The molecule has 0 N–H and O–H groups in total. The molecule has 2 unspecified atom stereocenters. The van der Waals surface area contributed by atoms with Gasteiger partial charge in [0.2, 0.25) is 5.91 Å². The van der Waals surface area contributed by atoms with E-state index in [-0.39, 0.29) is 5.91 Å². The first-order valence-corrected chi connectivity index (χ1v) is 8.00. The van der Waals surface area contributed by atoms with Gasteiger partial charge in [0.05, 0.1) is 6.54 Å². The zero-order chi connectivity index (χ0) is 13.8. The fourth-order valence-corrected chi connectivity index (χ4v) is 3.50. The minimum absolute atomic E-state index is 0.276. The summed E-state index contributed by atoms with van der Waals surface area (Å²) in [7, 11) is 2.04. The van der Waals surface area contributed by atoms with Crippen LogP contribution in [0.3, 0.4) is 0 Å². The molecule has 3 nitrogen and oxygen atoms in total. The smallest absolute Gasteiger partial charge is 0.236 e. The Hall–Kier alpha value is -0.870. The molecule has 1 aromatic heterocycles. The molecule has 1 amide bonds. The second kappa shape index (κ2) is 6.53. The van der Waals surface area contributed by atoms with E-state index < -0.39 is 0 Å². The second-order valence-electron chi connectivity index (χ2n) is 5.54. The van der Waals surface area contributed by atoms with Gasteiger partial charge in [0.25, 0.3) is 0 Å². The summed E-state index contributed by atoms with van der Waals surface area (Å²) in [5, 5.41) is 2.09. The third-order valence-corrected chi connectivity index (χ3v) is 5.17. The highest BCUT2D eigenvalue weighted by Gasteiger charge is 2.25. The number of carbonyl (C=O) groups is 1. The molecule has 2 rings (SSSR count). The summed E-state index contributed by atoms with van der Waals surface area (Å²) < 4.78 is 0. The van der Waals surface area contributed by atoms with Gasteiger partial charge in [-0.3, -0.25) is 9.69 Å². The Bertz CT molecular complexity index is 404. The van der Waals surface area contributed by atoms with Crippen molar-refractivity contribution in [3.8, 4) is 0 Å². The normalized spacial score (nSPS) is 21.7. The lowest BCUT2D eigenvalue weighted by atomic mass is 10.0. The summed E-state index contributed by atoms with van der Waals surface area (Å²) >= 11 is 1.76. The summed E-state index contributed by atoms with van der Waals surface area (Å²) in [5.41, 5.74) is 0. The molecule has 2 atom stereocenters. The summed E-state index contributed by atoms with van der Waals surface area (Å²) in [5.74, 6) is 0.276. The number of nitrogens with zero attached hydrogens (tertiary/aromatic N) is 2. The number of carbonyl (C=O) groups excluding carboxylic acids is 1. The Labute approximate surface area is 120 Å². The van der Waals surface area contributed by atoms with Gasteiger partial charge in [0, 0.05) is 23.5 Å². The number of rotatable bonds is 4. The highest BCUT2D eigenvalue weighted by Crippen LogP contribution is 2.24. The number of hydrogen-bond acceptors (Lipinski definition) is 3. The maximum absolute atomic E-state index is 12.4. The number of thiophene rings is 1. The summed E-state index contributed by atoms with van der Waals surface area (Å²) in [4.78, 5) is 17.9. The standard InChI is InChI=1S/C15H24N2OS/c1-12-7-4-5-9-17(12)15(18)11-16(3)13(2)14-8-6-10-19-14/h6,8,10,12-13H,4-5,7,9,11H2,1-3H3. The van der Waals surface area contributed by atoms with Crippen LogP contribution in [0, 0.1) is 0 Å². The molecule has 4 heteroatoms. The van der Waals surface area contributed by atoms with Crippen LogP contribution in [0.4, 0.5) is 0 Å². The van der Waals surface area contributed by atoms with Crippen LogP contribution >= 0.6 is 11.3 Å². The SMILES string of the molecule is CC(c1cccs1)N(C)CC(=O)N1CCCCC1C. The average molecular weight is 280 g/mol. The maximum atomic E-state index is 12.4. The van der Waals surface area contributed by atoms with Crippen LogP contribution in [-0.2, 0) is 4.79 Å². The number of likely N-dealkylation sites (tertiary alicyclic amines) is 1. The van der Waals surface area contributed by atoms with E-state index in [1.165, 1.54) is 11.3 Å². The van der Waals surface area contributed by atoms with Crippen molar-refractivity contribution in [2.45, 2.75) is 45.2 Å². The summed E-state index contributed by atoms with van der Waals surface area (Å²) in [6, 6.07) is 4.93. The summed E-state index contributed by atoms with van der Waals surface area (Å²) in [6.07, 6.45) is 3.56. The molecule has 0 saturated carbocycles. The zero-order valence-electron chi connectivity index (χ0n) is 12.1. The van der Waals surface area contributed by atoms with E-state index in [9.17, 15) is 4.79 Å². The van der Waals surface area contributed by atoms with Crippen molar-refractivity contribution >= 4 is 17.2 Å². The molecule has 1 aliphatic heterocycles. The van der Waals surface area contributed by atoms with Gasteiger partial charge in [-0.1, -0.05) is 6.07 Å². The highest BCUT2D eigenvalue weighted by atomic mass is 32.1. The van der Waals surface area contributed by atoms with E-state index in [0.717, 1.165) is 19.4 Å². The van der Waals surface area contributed by atoms with Crippen molar-refractivity contribution in [3.05, 3.63) is 22.4 Å². The van der Waals surface area contributed by atoms with Crippen LogP contribution in [0.1, 0.15) is 44.0 Å². The van der Waals surface area contributed by atoms with Crippen LogP contribution in [0.2, 0.25) is 0 Å². The molecule has 1 saturated heterocycles. The molecule has 0 aliphatic carbocycles. The molecular formula is C15H24N2OS. The third-order valence-electron chi connectivity index (χ3n) is 4.12. The quantitative estimate of drug-likeness (QED) is 0.846. The predicted molar refractivity (Wildman–Crippen MR) is 80.4 cm³/mol. The van der Waals surface area contributed by atoms with Gasteiger partial charge in [0.1, 0.15) is 0 Å². The Morgan fingerprint density at radius 2 is 2.37 bits per heavy atom. The molecule has 19 heavy (non-hydrogen) atoms. The predicted octanol–water partition coefficient (Wildman–Crippen LogP) is 3.14. The maximum Gasteiger partial charge on any atom is 0.236 e. The van der Waals surface area contributed by atoms with Crippen molar-refractivity contribution in [2.75, 3.05) is 20.1 Å². The average Bonchev–Trinajstić information content (AvgIpc) is 2.92.